The highest BCUT2D eigenvalue weighted by Crippen LogP contribution is 2.25. The van der Waals surface area contributed by atoms with Gasteiger partial charge in [-0.2, -0.15) is 0 Å². The highest BCUT2D eigenvalue weighted by molar-refractivity contribution is 7.14. The zero-order chi connectivity index (χ0) is 20.2. The molecule has 29 heavy (non-hydrogen) atoms. The minimum Gasteiger partial charge on any atom is -0.352 e. The second kappa shape index (κ2) is 9.02. The van der Waals surface area contributed by atoms with Crippen molar-refractivity contribution in [2.45, 2.75) is 25.8 Å². The number of amides is 2. The van der Waals surface area contributed by atoms with Crippen LogP contribution in [0, 0.1) is 6.92 Å². The third kappa shape index (κ3) is 5.85. The van der Waals surface area contributed by atoms with Crippen LogP contribution in [0.1, 0.15) is 18.4 Å². The molecule has 1 saturated heterocycles. The van der Waals surface area contributed by atoms with Gasteiger partial charge in [0.1, 0.15) is 0 Å². The molecule has 0 bridgehead atoms. The lowest BCUT2D eigenvalue weighted by Crippen LogP contribution is -2.51. The molecule has 2 N–H and O–H groups in total. The van der Waals surface area contributed by atoms with Crippen LogP contribution in [-0.2, 0) is 9.59 Å². The minimum absolute atomic E-state index is 0.0465. The van der Waals surface area contributed by atoms with E-state index >= 15 is 0 Å². The average molecular weight is 414 g/mol. The molecule has 7 nitrogen and oxygen atoms in total. The van der Waals surface area contributed by atoms with Crippen molar-refractivity contribution in [2.75, 3.05) is 44.6 Å². The van der Waals surface area contributed by atoms with E-state index in [1.807, 2.05) is 17.5 Å². The molecule has 0 spiro atoms. The van der Waals surface area contributed by atoms with Gasteiger partial charge in [-0.15, -0.1) is 11.3 Å². The van der Waals surface area contributed by atoms with Crippen LogP contribution < -0.4 is 10.6 Å². The predicted octanol–water partition coefficient (Wildman–Crippen LogP) is 1.95. The van der Waals surface area contributed by atoms with Crippen molar-refractivity contribution < 1.29 is 9.59 Å². The molecule has 2 amide bonds. The summed E-state index contributed by atoms with van der Waals surface area (Å²) in [5.74, 6) is 0.0709. The molecule has 154 valence electrons. The maximum atomic E-state index is 12.4. The van der Waals surface area contributed by atoms with Gasteiger partial charge >= 0.3 is 0 Å². The van der Waals surface area contributed by atoms with E-state index in [0.29, 0.717) is 24.3 Å². The Kier molecular flexibility index (Phi) is 6.22. The van der Waals surface area contributed by atoms with E-state index in [4.69, 9.17) is 0 Å². The quantitative estimate of drug-likeness (QED) is 0.726. The maximum Gasteiger partial charge on any atom is 0.240 e. The van der Waals surface area contributed by atoms with Crippen LogP contribution in [0.3, 0.4) is 0 Å². The predicted molar refractivity (Wildman–Crippen MR) is 115 cm³/mol. The largest absolute Gasteiger partial charge is 0.352 e. The fourth-order valence-electron chi connectivity index (χ4n) is 3.36. The van der Waals surface area contributed by atoms with Crippen LogP contribution in [-0.4, -0.2) is 71.9 Å². The van der Waals surface area contributed by atoms with E-state index in [-0.39, 0.29) is 11.8 Å². The van der Waals surface area contributed by atoms with Crippen LogP contribution >= 0.6 is 11.3 Å². The first-order valence-electron chi connectivity index (χ1n) is 10.1. The third-order valence-corrected chi connectivity index (χ3v) is 6.00. The SMILES string of the molecule is Cc1ccc(-c2csc(NC(=O)CN3CCN(CC(=O)NC4CC4)CC3)n2)cc1. The van der Waals surface area contributed by atoms with Gasteiger partial charge in [0.25, 0.3) is 0 Å². The van der Waals surface area contributed by atoms with E-state index in [9.17, 15) is 9.59 Å². The zero-order valence-electron chi connectivity index (χ0n) is 16.7. The van der Waals surface area contributed by atoms with E-state index in [0.717, 1.165) is 50.3 Å². The number of hydrogen-bond donors (Lipinski definition) is 2. The van der Waals surface area contributed by atoms with Gasteiger partial charge < -0.3 is 10.6 Å². The number of carbonyl (C=O) groups is 2. The van der Waals surface area contributed by atoms with E-state index in [1.54, 1.807) is 0 Å². The number of anilines is 1. The van der Waals surface area contributed by atoms with Gasteiger partial charge in [-0.3, -0.25) is 19.4 Å². The molecule has 2 heterocycles. The molecule has 0 radical (unpaired) electrons. The minimum atomic E-state index is -0.0465. The summed E-state index contributed by atoms with van der Waals surface area (Å²) < 4.78 is 0. The van der Waals surface area contributed by atoms with Gasteiger partial charge in [-0.1, -0.05) is 29.8 Å². The molecule has 1 saturated carbocycles. The Bertz CT molecular complexity index is 854. The molecule has 2 fully saturated rings. The summed E-state index contributed by atoms with van der Waals surface area (Å²) in [5.41, 5.74) is 3.14. The smallest absolute Gasteiger partial charge is 0.240 e. The molecule has 2 aliphatic rings. The molecule has 1 aromatic carbocycles. The molecule has 1 aliphatic carbocycles. The normalized spacial score (nSPS) is 17.8. The summed E-state index contributed by atoms with van der Waals surface area (Å²) in [6.45, 7) is 6.05. The topological polar surface area (TPSA) is 77.6 Å². The molecular weight excluding hydrogens is 386 g/mol. The number of nitrogens with one attached hydrogen (secondary N) is 2. The number of carbonyl (C=O) groups excluding carboxylic acids is 2. The number of nitrogens with zero attached hydrogens (tertiary/aromatic N) is 3. The molecule has 0 atom stereocenters. The number of aryl methyl sites for hydroxylation is 1. The number of piperazine rings is 1. The summed E-state index contributed by atoms with van der Waals surface area (Å²) in [7, 11) is 0. The van der Waals surface area contributed by atoms with Gasteiger partial charge in [0, 0.05) is 43.2 Å². The average Bonchev–Trinajstić information content (AvgIpc) is 3.39. The van der Waals surface area contributed by atoms with E-state index < -0.39 is 0 Å². The molecule has 1 aromatic heterocycles. The first-order chi connectivity index (χ1) is 14.0. The van der Waals surface area contributed by atoms with Crippen molar-refractivity contribution in [3.05, 3.63) is 35.2 Å². The highest BCUT2D eigenvalue weighted by Gasteiger charge is 2.25. The summed E-state index contributed by atoms with van der Waals surface area (Å²) in [5, 5.41) is 8.53. The van der Waals surface area contributed by atoms with Gasteiger partial charge in [-0.05, 0) is 19.8 Å². The van der Waals surface area contributed by atoms with Crippen molar-refractivity contribution in [2.24, 2.45) is 0 Å². The van der Waals surface area contributed by atoms with Crippen LogP contribution in [0.5, 0.6) is 0 Å². The van der Waals surface area contributed by atoms with Crippen molar-refractivity contribution >= 4 is 28.3 Å². The monoisotopic (exact) mass is 413 g/mol. The molecule has 2 aromatic rings. The number of benzene rings is 1. The standard InChI is InChI=1S/C21H27N5O2S/c1-15-2-4-16(5-3-15)18-14-29-21(23-18)24-20(28)13-26-10-8-25(9-11-26)12-19(27)22-17-6-7-17/h2-5,14,17H,6-13H2,1H3,(H,22,27)(H,23,24,28). The summed E-state index contributed by atoms with van der Waals surface area (Å²) >= 11 is 1.44. The van der Waals surface area contributed by atoms with Crippen molar-refractivity contribution in [3.8, 4) is 11.3 Å². The van der Waals surface area contributed by atoms with Crippen molar-refractivity contribution in [1.29, 1.82) is 0 Å². The zero-order valence-corrected chi connectivity index (χ0v) is 17.5. The number of aromatic nitrogens is 1. The van der Waals surface area contributed by atoms with Gasteiger partial charge in [-0.25, -0.2) is 4.98 Å². The molecule has 8 heteroatoms. The van der Waals surface area contributed by atoms with Crippen LogP contribution in [0.25, 0.3) is 11.3 Å². The fourth-order valence-corrected chi connectivity index (χ4v) is 4.10. The third-order valence-electron chi connectivity index (χ3n) is 5.24. The van der Waals surface area contributed by atoms with Gasteiger partial charge in [0.05, 0.1) is 18.8 Å². The molecule has 4 rings (SSSR count). The fraction of sp³-hybridized carbons (Fsp3) is 0.476. The van der Waals surface area contributed by atoms with Crippen LogP contribution in [0.2, 0.25) is 0 Å². The van der Waals surface area contributed by atoms with Gasteiger partial charge in [0.15, 0.2) is 5.13 Å². The number of hydrogen-bond acceptors (Lipinski definition) is 6. The summed E-state index contributed by atoms with van der Waals surface area (Å²) in [6.07, 6.45) is 2.22. The van der Waals surface area contributed by atoms with E-state index in [2.05, 4.69) is 44.5 Å². The molecule has 1 aliphatic heterocycles. The molecular formula is C21H27N5O2S. The lowest BCUT2D eigenvalue weighted by atomic mass is 10.1. The van der Waals surface area contributed by atoms with E-state index in [1.165, 1.54) is 16.9 Å². The van der Waals surface area contributed by atoms with Gasteiger partial charge in [0.2, 0.25) is 11.8 Å². The van der Waals surface area contributed by atoms with Crippen molar-refractivity contribution in [1.82, 2.24) is 20.1 Å². The Balaban J connectivity index is 1.20. The first-order valence-corrected chi connectivity index (χ1v) is 11.0. The second-order valence-electron chi connectivity index (χ2n) is 7.85. The number of rotatable bonds is 7. The Labute approximate surface area is 175 Å². The Morgan fingerprint density at radius 1 is 1.03 bits per heavy atom. The maximum absolute atomic E-state index is 12.4. The Hall–Kier alpha value is -2.29. The first kappa shape index (κ1) is 20.0. The highest BCUT2D eigenvalue weighted by atomic mass is 32.1. The second-order valence-corrected chi connectivity index (χ2v) is 8.70. The van der Waals surface area contributed by atoms with Crippen LogP contribution in [0.15, 0.2) is 29.6 Å². The summed E-state index contributed by atoms with van der Waals surface area (Å²) in [4.78, 5) is 33.1. The van der Waals surface area contributed by atoms with Crippen molar-refractivity contribution in [3.63, 3.8) is 0 Å². The Morgan fingerprint density at radius 3 is 2.28 bits per heavy atom. The Morgan fingerprint density at radius 2 is 1.66 bits per heavy atom. The molecule has 0 unspecified atom stereocenters. The number of thiazole rings is 1. The van der Waals surface area contributed by atoms with Crippen LogP contribution in [0.4, 0.5) is 5.13 Å². The lowest BCUT2D eigenvalue weighted by Gasteiger charge is -2.33. The summed E-state index contributed by atoms with van der Waals surface area (Å²) in [6, 6.07) is 8.61. The lowest BCUT2D eigenvalue weighted by molar-refractivity contribution is -0.123.